The van der Waals surface area contributed by atoms with Crippen LogP contribution in [0.5, 0.6) is 17.2 Å². The van der Waals surface area contributed by atoms with E-state index in [1.807, 2.05) is 54.6 Å². The van der Waals surface area contributed by atoms with Crippen LogP contribution in [-0.2, 0) is 16.1 Å². The molecule has 0 aliphatic carbocycles. The average molecular weight is 605 g/mol. The highest BCUT2D eigenvalue weighted by Gasteiger charge is 2.33. The molecule has 1 atom stereocenters. The third-order valence-corrected chi connectivity index (χ3v) is 8.12. The molecule has 216 valence electrons. The first-order valence-electron chi connectivity index (χ1n) is 13.2. The second kappa shape index (κ2) is 12.7. The van der Waals surface area contributed by atoms with Crippen LogP contribution in [0, 0.1) is 0 Å². The highest BCUT2D eigenvalue weighted by molar-refractivity contribution is 7.07. The molecule has 0 radical (unpaired) electrons. The number of ether oxygens (including phenoxy) is 4. The van der Waals surface area contributed by atoms with Crippen LogP contribution < -0.4 is 29.1 Å². The standard InChI is InChI=1S/C32H29ClN2O6S/c1-5-40-31(37)28-19(2)34-32-35(29(28)21-12-15-25(38-3)26(17-21)39-4)30(36)27(42-32)16-20-10-13-23(14-11-20)41-18-22-8-6-7-9-24(22)33/h6-17,29H,5,18H2,1-4H3. The first-order chi connectivity index (χ1) is 20.3. The highest BCUT2D eigenvalue weighted by atomic mass is 35.5. The van der Waals surface area contributed by atoms with Crippen molar-refractivity contribution >= 4 is 35.0 Å². The van der Waals surface area contributed by atoms with Gasteiger partial charge in [-0.2, -0.15) is 0 Å². The van der Waals surface area contributed by atoms with E-state index >= 15 is 0 Å². The minimum Gasteiger partial charge on any atom is -0.493 e. The van der Waals surface area contributed by atoms with Crippen LogP contribution in [-0.4, -0.2) is 31.4 Å². The van der Waals surface area contributed by atoms with Gasteiger partial charge in [-0.05, 0) is 61.4 Å². The molecular weight excluding hydrogens is 576 g/mol. The van der Waals surface area contributed by atoms with Gasteiger partial charge in [0.05, 0.1) is 42.7 Å². The molecule has 1 aliphatic heterocycles. The molecule has 0 spiro atoms. The van der Waals surface area contributed by atoms with Crippen molar-refractivity contribution in [2.24, 2.45) is 4.99 Å². The number of rotatable bonds is 9. The number of fused-ring (bicyclic) bond motifs is 1. The van der Waals surface area contributed by atoms with E-state index < -0.39 is 12.0 Å². The summed E-state index contributed by atoms with van der Waals surface area (Å²) in [5.74, 6) is 1.16. The van der Waals surface area contributed by atoms with Crippen molar-refractivity contribution in [2.45, 2.75) is 26.5 Å². The lowest BCUT2D eigenvalue weighted by Crippen LogP contribution is -2.39. The molecular formula is C32H29ClN2O6S. The SMILES string of the molecule is CCOC(=O)C1=C(C)N=c2sc(=Cc3ccc(OCc4ccccc4Cl)cc3)c(=O)n2C1c1ccc(OC)c(OC)c1. The van der Waals surface area contributed by atoms with E-state index in [-0.39, 0.29) is 12.2 Å². The Labute approximate surface area is 251 Å². The van der Waals surface area contributed by atoms with Crippen molar-refractivity contribution in [1.82, 2.24) is 4.57 Å². The lowest BCUT2D eigenvalue weighted by Gasteiger charge is -2.25. The normalized spacial score (nSPS) is 14.7. The zero-order chi connectivity index (χ0) is 29.8. The summed E-state index contributed by atoms with van der Waals surface area (Å²) in [4.78, 5) is 32.1. The van der Waals surface area contributed by atoms with Crippen LogP contribution in [0.3, 0.4) is 0 Å². The molecule has 1 aromatic heterocycles. The van der Waals surface area contributed by atoms with Crippen molar-refractivity contribution in [2.75, 3.05) is 20.8 Å². The minimum absolute atomic E-state index is 0.191. The van der Waals surface area contributed by atoms with Gasteiger partial charge in [0.25, 0.3) is 5.56 Å². The van der Waals surface area contributed by atoms with Crippen LogP contribution in [0.15, 0.2) is 87.8 Å². The predicted molar refractivity (Wildman–Crippen MR) is 162 cm³/mol. The van der Waals surface area contributed by atoms with E-state index in [0.29, 0.717) is 55.0 Å². The van der Waals surface area contributed by atoms with Gasteiger partial charge in [0.15, 0.2) is 16.3 Å². The summed E-state index contributed by atoms with van der Waals surface area (Å²) in [6.07, 6.45) is 1.80. The van der Waals surface area contributed by atoms with E-state index in [2.05, 4.69) is 4.99 Å². The van der Waals surface area contributed by atoms with E-state index in [1.165, 1.54) is 23.0 Å². The Kier molecular flexibility index (Phi) is 8.80. The number of methoxy groups -OCH3 is 2. The molecule has 0 fully saturated rings. The highest BCUT2D eigenvalue weighted by Crippen LogP contribution is 2.36. The second-order valence-electron chi connectivity index (χ2n) is 9.37. The zero-order valence-electron chi connectivity index (χ0n) is 23.5. The maximum absolute atomic E-state index is 13.9. The lowest BCUT2D eigenvalue weighted by atomic mass is 9.95. The van der Waals surface area contributed by atoms with Gasteiger partial charge in [-0.3, -0.25) is 9.36 Å². The van der Waals surface area contributed by atoms with E-state index in [1.54, 1.807) is 39.2 Å². The Morgan fingerprint density at radius 2 is 1.79 bits per heavy atom. The maximum Gasteiger partial charge on any atom is 0.338 e. The van der Waals surface area contributed by atoms with Gasteiger partial charge in [-0.15, -0.1) is 0 Å². The number of benzene rings is 3. The number of halogens is 1. The van der Waals surface area contributed by atoms with Crippen LogP contribution in [0.1, 0.15) is 36.6 Å². The van der Waals surface area contributed by atoms with Crippen molar-refractivity contribution in [3.63, 3.8) is 0 Å². The molecule has 1 unspecified atom stereocenters. The third kappa shape index (κ3) is 5.84. The number of hydrogen-bond acceptors (Lipinski definition) is 8. The van der Waals surface area contributed by atoms with E-state index in [0.717, 1.165) is 11.1 Å². The number of hydrogen-bond donors (Lipinski definition) is 0. The number of aromatic nitrogens is 1. The molecule has 0 bridgehead atoms. The molecule has 0 N–H and O–H groups in total. The fourth-order valence-corrected chi connectivity index (χ4v) is 5.95. The zero-order valence-corrected chi connectivity index (χ0v) is 25.1. The smallest absolute Gasteiger partial charge is 0.338 e. The Morgan fingerprint density at radius 3 is 2.48 bits per heavy atom. The van der Waals surface area contributed by atoms with Gasteiger partial charge in [0, 0.05) is 10.6 Å². The Balaban J connectivity index is 1.53. The van der Waals surface area contributed by atoms with Crippen molar-refractivity contribution < 1.29 is 23.7 Å². The summed E-state index contributed by atoms with van der Waals surface area (Å²) in [5.41, 5.74) is 2.88. The molecule has 3 aromatic carbocycles. The fraction of sp³-hybridized carbons (Fsp3) is 0.219. The van der Waals surface area contributed by atoms with Crippen LogP contribution in [0.4, 0.5) is 0 Å². The van der Waals surface area contributed by atoms with Gasteiger partial charge < -0.3 is 18.9 Å². The molecule has 10 heteroatoms. The summed E-state index contributed by atoms with van der Waals surface area (Å²) < 4.78 is 24.2. The second-order valence-corrected chi connectivity index (χ2v) is 10.8. The Bertz CT molecular complexity index is 1840. The Hall–Kier alpha value is -4.34. The predicted octanol–water partition coefficient (Wildman–Crippen LogP) is 5.05. The molecule has 0 saturated heterocycles. The molecule has 42 heavy (non-hydrogen) atoms. The van der Waals surface area contributed by atoms with Gasteiger partial charge in [-0.25, -0.2) is 9.79 Å². The van der Waals surface area contributed by atoms with Gasteiger partial charge in [0.1, 0.15) is 12.4 Å². The first-order valence-corrected chi connectivity index (χ1v) is 14.4. The fourth-order valence-electron chi connectivity index (χ4n) is 4.72. The molecule has 0 amide bonds. The molecule has 4 aromatic rings. The number of carbonyl (C=O) groups is 1. The first kappa shape index (κ1) is 29.2. The van der Waals surface area contributed by atoms with E-state index in [4.69, 9.17) is 30.5 Å². The summed E-state index contributed by atoms with van der Waals surface area (Å²) in [6.45, 7) is 4.02. The third-order valence-electron chi connectivity index (χ3n) is 6.77. The molecule has 2 heterocycles. The summed E-state index contributed by atoms with van der Waals surface area (Å²) in [7, 11) is 3.08. The van der Waals surface area contributed by atoms with Crippen molar-refractivity contribution in [3.05, 3.63) is 119 Å². The van der Waals surface area contributed by atoms with Crippen LogP contribution in [0.2, 0.25) is 5.02 Å². The molecule has 1 aliphatic rings. The monoisotopic (exact) mass is 604 g/mol. The maximum atomic E-state index is 13.9. The number of thiazole rings is 1. The topological polar surface area (TPSA) is 88.4 Å². The number of carbonyl (C=O) groups excluding carboxylic acids is 1. The minimum atomic E-state index is -0.761. The quantitative estimate of drug-likeness (QED) is 0.249. The molecule has 8 nitrogen and oxygen atoms in total. The number of esters is 1. The largest absolute Gasteiger partial charge is 0.493 e. The van der Waals surface area contributed by atoms with Gasteiger partial charge >= 0.3 is 5.97 Å². The summed E-state index contributed by atoms with van der Waals surface area (Å²) in [6, 6.07) is 19.5. The van der Waals surface area contributed by atoms with E-state index in [9.17, 15) is 9.59 Å². The van der Waals surface area contributed by atoms with Gasteiger partial charge in [0.2, 0.25) is 0 Å². The lowest BCUT2D eigenvalue weighted by molar-refractivity contribution is -0.139. The summed E-state index contributed by atoms with van der Waals surface area (Å²) >= 11 is 7.49. The van der Waals surface area contributed by atoms with Crippen molar-refractivity contribution in [3.8, 4) is 17.2 Å². The Morgan fingerprint density at radius 1 is 1.05 bits per heavy atom. The number of allylic oxidation sites excluding steroid dienone is 1. The van der Waals surface area contributed by atoms with Crippen LogP contribution >= 0.6 is 22.9 Å². The average Bonchev–Trinajstić information content (AvgIpc) is 3.30. The molecule has 5 rings (SSSR count). The number of nitrogens with zero attached hydrogens (tertiary/aromatic N) is 2. The summed E-state index contributed by atoms with van der Waals surface area (Å²) in [5, 5.41) is 0.650. The van der Waals surface area contributed by atoms with Crippen molar-refractivity contribution in [1.29, 1.82) is 0 Å². The molecule has 0 saturated carbocycles. The van der Waals surface area contributed by atoms with Crippen LogP contribution in [0.25, 0.3) is 6.08 Å². The van der Waals surface area contributed by atoms with Gasteiger partial charge in [-0.1, -0.05) is 59.3 Å².